The van der Waals surface area contributed by atoms with Gasteiger partial charge in [0, 0.05) is 126 Å². The van der Waals surface area contributed by atoms with E-state index in [0.29, 0.717) is 95.8 Å². The number of hydrogen-bond donors (Lipinski definition) is 4. The van der Waals surface area contributed by atoms with Crippen molar-refractivity contribution in [2.24, 2.45) is 0 Å². The van der Waals surface area contributed by atoms with Gasteiger partial charge in [-0.25, -0.2) is 33.6 Å². The SMILES string of the molecule is CC(C)(C)OC(=O)N1CCCCC1CN(CCO)CC1CCCCN1C(=O)OC(C)(C)C.CC[C@H]1O[C@@H](n2cc(C)c(=O)[nH]c2=O)C[C@H]1O.CC[C@H]1O[C@@H](n2cc(C)c(=O)[nH]c2=O)C[C@H]1OC(=O)OCCN(CC1CCCCN1C(=O)OC(C)(C)C)CC1CCCCN1C(=O)OC(C)(C)C. The highest BCUT2D eigenvalue weighted by Crippen LogP contribution is 2.33. The van der Waals surface area contributed by atoms with E-state index >= 15 is 0 Å². The average molecular weight is 1420 g/mol. The molecule has 0 spiro atoms. The fraction of sp³-hybridized carbons (Fsp3) is 0.817. The van der Waals surface area contributed by atoms with Gasteiger partial charge in [-0.1, -0.05) is 13.8 Å². The molecule has 2 aromatic rings. The lowest BCUT2D eigenvalue weighted by atomic mass is 9.99. The van der Waals surface area contributed by atoms with Gasteiger partial charge in [-0.05, 0) is 187 Å². The van der Waals surface area contributed by atoms with Crippen LogP contribution >= 0.6 is 0 Å². The molecule has 8 heterocycles. The second-order valence-electron chi connectivity index (χ2n) is 31.4. The van der Waals surface area contributed by atoms with Crippen LogP contribution in [0.1, 0.15) is 223 Å². The van der Waals surface area contributed by atoms with Crippen molar-refractivity contribution in [3.05, 3.63) is 65.2 Å². The van der Waals surface area contributed by atoms with Gasteiger partial charge in [-0.2, -0.15) is 0 Å². The molecule has 29 nitrogen and oxygen atoms in total. The van der Waals surface area contributed by atoms with E-state index in [4.69, 9.17) is 37.9 Å². The van der Waals surface area contributed by atoms with Gasteiger partial charge in [0.15, 0.2) is 0 Å². The Kier molecular flexibility index (Phi) is 30.6. The normalized spacial score (nSPS) is 24.6. The number of amides is 4. The zero-order valence-electron chi connectivity index (χ0n) is 62.6. The van der Waals surface area contributed by atoms with E-state index in [-0.39, 0.29) is 74.3 Å². The van der Waals surface area contributed by atoms with Crippen molar-refractivity contribution in [3.63, 3.8) is 0 Å². The molecule has 0 saturated carbocycles. The van der Waals surface area contributed by atoms with Crippen LogP contribution in [0.2, 0.25) is 0 Å². The minimum Gasteiger partial charge on any atom is -0.444 e. The molecule has 0 radical (unpaired) electrons. The lowest BCUT2D eigenvalue weighted by Gasteiger charge is -2.42. The molecule has 10 atom stereocenters. The number of carbonyl (C=O) groups excluding carboxylic acids is 5. The molecule has 4 amide bonds. The summed E-state index contributed by atoms with van der Waals surface area (Å²) in [5, 5.41) is 19.4. The van der Waals surface area contributed by atoms with Crippen LogP contribution in [0.3, 0.4) is 0 Å². The van der Waals surface area contributed by atoms with E-state index in [1.54, 1.807) is 23.6 Å². The summed E-state index contributed by atoms with van der Waals surface area (Å²) in [6.45, 7) is 35.3. The molecular weight excluding hydrogens is 1300 g/mol. The summed E-state index contributed by atoms with van der Waals surface area (Å²) in [6.07, 6.45) is 10.8. The number of aryl methyl sites for hydroxylation is 2. The summed E-state index contributed by atoms with van der Waals surface area (Å²) in [5.74, 6) is 0. The van der Waals surface area contributed by atoms with E-state index in [9.17, 15) is 53.4 Å². The Morgan fingerprint density at radius 3 is 1.16 bits per heavy atom. The number of piperidine rings is 4. The molecular formula is C71H120N10O19. The molecule has 6 aliphatic heterocycles. The number of likely N-dealkylation sites (tertiary alicyclic amines) is 4. The largest absolute Gasteiger partial charge is 0.508 e. The van der Waals surface area contributed by atoms with Crippen LogP contribution in [-0.4, -0.2) is 239 Å². The van der Waals surface area contributed by atoms with E-state index in [1.807, 2.05) is 107 Å². The van der Waals surface area contributed by atoms with Gasteiger partial charge >= 0.3 is 41.9 Å². The van der Waals surface area contributed by atoms with Crippen molar-refractivity contribution in [2.45, 2.75) is 297 Å². The first kappa shape index (κ1) is 82.4. The lowest BCUT2D eigenvalue weighted by molar-refractivity contribution is -0.0390. The van der Waals surface area contributed by atoms with Gasteiger partial charge in [-0.15, -0.1) is 0 Å². The van der Waals surface area contributed by atoms with Crippen molar-refractivity contribution >= 4 is 30.5 Å². The number of aromatic amines is 2. The molecule has 6 aliphatic rings. The molecule has 29 heteroatoms. The van der Waals surface area contributed by atoms with Crippen molar-refractivity contribution < 1.29 is 72.1 Å². The van der Waals surface area contributed by atoms with E-state index in [2.05, 4.69) is 19.8 Å². The molecule has 100 heavy (non-hydrogen) atoms. The molecule has 0 aromatic carbocycles. The number of H-pyrrole nitrogens is 2. The Morgan fingerprint density at radius 1 is 0.510 bits per heavy atom. The maximum Gasteiger partial charge on any atom is 0.508 e. The summed E-state index contributed by atoms with van der Waals surface area (Å²) in [5.41, 5.74) is -3.45. The third-order valence-corrected chi connectivity index (χ3v) is 18.3. The van der Waals surface area contributed by atoms with E-state index in [0.717, 1.165) is 77.0 Å². The number of rotatable bonds is 18. The minimum atomic E-state index is -0.853. The summed E-state index contributed by atoms with van der Waals surface area (Å²) < 4.78 is 48.3. The topological polar surface area (TPSA) is 329 Å². The van der Waals surface area contributed by atoms with Crippen LogP contribution in [0, 0.1) is 13.8 Å². The van der Waals surface area contributed by atoms with Crippen LogP contribution < -0.4 is 22.5 Å². The molecule has 2 aromatic heterocycles. The number of nitrogens with zero attached hydrogens (tertiary/aromatic N) is 8. The maximum atomic E-state index is 13.2. The second kappa shape index (κ2) is 37.1. The van der Waals surface area contributed by atoms with Crippen molar-refractivity contribution in [1.82, 2.24) is 48.5 Å². The van der Waals surface area contributed by atoms with Gasteiger partial charge in [0.1, 0.15) is 47.6 Å². The highest BCUT2D eigenvalue weighted by molar-refractivity contribution is 5.70. The first-order valence-corrected chi connectivity index (χ1v) is 36.4. The number of ether oxygens (including phenoxy) is 8. The highest BCUT2D eigenvalue weighted by Gasteiger charge is 2.41. The summed E-state index contributed by atoms with van der Waals surface area (Å²) in [6, 6.07) is -0.138. The quantitative estimate of drug-likeness (QED) is 0.0800. The van der Waals surface area contributed by atoms with Gasteiger partial charge in [-0.3, -0.25) is 38.5 Å². The number of nitrogens with one attached hydrogen (secondary N) is 2. The van der Waals surface area contributed by atoms with Crippen LogP contribution in [-0.2, 0) is 37.9 Å². The summed E-state index contributed by atoms with van der Waals surface area (Å²) in [4.78, 5) is 128. The molecule has 0 bridgehead atoms. The standard InChI is InChI=1S/C36H59N5O10.C24H45N3O5.C11H16N2O4/c1-9-27-28(20-29(48-27)41-21-24(2)30(42)37-31(41)43)49-34(46)47-19-18-38(22-25-14-10-12-16-39(25)32(44)50-35(3,4)5)23-26-15-11-13-17-40(26)33(45)51-36(6,7)8;1-23(2,3)31-21(29)26-13-9-7-11-19(26)17-25(15-16-28)18-20-12-8-10-14-27(20)22(30)32-24(4,5)6;1-3-8-7(14)4-9(17-8)13-5-6(2)10(15)12-11(13)16/h21,25-29H,9-20,22-23H2,1-8H3,(H,37,42,43);19-20,28H,7-18H2,1-6H3;5,7-9,14H,3-4H2,1-2H3,(H,12,15,16)/t25?,26?,27-,28-,29-;;7-,8-,9-/m1.1/s1. The van der Waals surface area contributed by atoms with Gasteiger partial charge in [0.25, 0.3) is 11.1 Å². The Balaban J connectivity index is 0.000000271. The third kappa shape index (κ3) is 25.8. The van der Waals surface area contributed by atoms with E-state index < -0.39 is 81.8 Å². The maximum absolute atomic E-state index is 13.2. The Morgan fingerprint density at radius 2 is 0.840 bits per heavy atom. The van der Waals surface area contributed by atoms with Crippen molar-refractivity contribution in [1.29, 1.82) is 0 Å². The highest BCUT2D eigenvalue weighted by atomic mass is 16.7. The van der Waals surface area contributed by atoms with Crippen LogP contribution in [0.5, 0.6) is 0 Å². The van der Waals surface area contributed by atoms with Crippen molar-refractivity contribution in [3.8, 4) is 0 Å². The predicted octanol–water partition coefficient (Wildman–Crippen LogP) is 8.71. The molecule has 4 N–H and O–H groups in total. The van der Waals surface area contributed by atoms with Crippen LogP contribution in [0.4, 0.5) is 24.0 Å². The van der Waals surface area contributed by atoms with Gasteiger partial charge < -0.3 is 67.7 Å². The monoisotopic (exact) mass is 1420 g/mol. The second-order valence-corrected chi connectivity index (χ2v) is 31.4. The van der Waals surface area contributed by atoms with Crippen molar-refractivity contribution in [2.75, 3.05) is 78.7 Å². The van der Waals surface area contributed by atoms with Gasteiger partial charge in [0.2, 0.25) is 0 Å². The fourth-order valence-corrected chi connectivity index (χ4v) is 13.5. The fourth-order valence-electron chi connectivity index (χ4n) is 13.5. The minimum absolute atomic E-state index is 0.0174. The number of hydrogen-bond acceptors (Lipinski definition) is 21. The van der Waals surface area contributed by atoms with Crippen LogP contribution in [0.25, 0.3) is 0 Å². The molecule has 6 saturated heterocycles. The first-order valence-electron chi connectivity index (χ1n) is 36.4. The number of carbonyl (C=O) groups is 5. The number of aliphatic hydroxyl groups excluding tert-OH is 2. The van der Waals surface area contributed by atoms with Crippen LogP contribution in [0.15, 0.2) is 31.6 Å². The molecule has 4 unspecified atom stereocenters. The molecule has 0 aliphatic carbocycles. The smallest absolute Gasteiger partial charge is 0.444 e. The summed E-state index contributed by atoms with van der Waals surface area (Å²) in [7, 11) is 0. The Labute approximate surface area is 589 Å². The Bertz CT molecular complexity index is 3120. The third-order valence-electron chi connectivity index (χ3n) is 18.3. The van der Waals surface area contributed by atoms with Gasteiger partial charge in [0.05, 0.1) is 24.9 Å². The molecule has 6 fully saturated rings. The number of aromatic nitrogens is 4. The number of aliphatic hydroxyl groups is 2. The summed E-state index contributed by atoms with van der Waals surface area (Å²) >= 11 is 0. The first-order chi connectivity index (χ1) is 46.9. The zero-order chi connectivity index (χ0) is 74.0. The Hall–Kier alpha value is -6.53. The van der Waals surface area contributed by atoms with E-state index in [1.165, 1.54) is 21.5 Å². The predicted molar refractivity (Wildman–Crippen MR) is 374 cm³/mol. The lowest BCUT2D eigenvalue weighted by Crippen LogP contribution is -2.55. The molecule has 568 valence electrons. The molecule has 8 rings (SSSR count). The zero-order valence-corrected chi connectivity index (χ0v) is 62.6. The average Bonchev–Trinajstić information content (AvgIpc) is 1.58.